The van der Waals surface area contributed by atoms with Crippen LogP contribution in [0.3, 0.4) is 0 Å². The molecule has 23 heavy (non-hydrogen) atoms. The number of hydrogen-bond donors (Lipinski definition) is 2. The molecule has 2 N–H and O–H groups in total. The fraction of sp³-hybridized carbons (Fsp3) is 0.294. The van der Waals surface area contributed by atoms with Crippen molar-refractivity contribution in [3.05, 3.63) is 71.3 Å². The third-order valence-electron chi connectivity index (χ3n) is 4.37. The lowest BCUT2D eigenvalue weighted by molar-refractivity contribution is 0.528. The quantitative estimate of drug-likeness (QED) is 0.835. The largest absolute Gasteiger partial charge is 0.314 e. The van der Waals surface area contributed by atoms with Crippen LogP contribution in [-0.4, -0.2) is 28.6 Å². The van der Waals surface area contributed by atoms with Crippen LogP contribution in [-0.2, 0) is 21.2 Å². The van der Waals surface area contributed by atoms with Gasteiger partial charge in [0.05, 0.1) is 0 Å². The summed E-state index contributed by atoms with van der Waals surface area (Å²) in [6, 6.07) is 17.3. The molecule has 1 unspecified atom stereocenters. The highest BCUT2D eigenvalue weighted by molar-refractivity contribution is 8.93. The van der Waals surface area contributed by atoms with E-state index >= 15 is 0 Å². The molecule has 1 atom stereocenters. The van der Waals surface area contributed by atoms with E-state index in [1.54, 1.807) is 0 Å². The molecule has 0 aromatic heterocycles. The Morgan fingerprint density at radius 3 is 2.39 bits per heavy atom. The normalized spacial score (nSPS) is 20.9. The van der Waals surface area contributed by atoms with Gasteiger partial charge in [-0.3, -0.25) is 0 Å². The van der Waals surface area contributed by atoms with Crippen LogP contribution in [0.25, 0.3) is 0 Å². The van der Waals surface area contributed by atoms with Gasteiger partial charge in [0, 0.05) is 6.54 Å². The maximum atomic E-state index is 13.0. The van der Waals surface area contributed by atoms with E-state index in [9.17, 15) is 8.42 Å². The van der Waals surface area contributed by atoms with Crippen molar-refractivity contribution in [2.45, 2.75) is 11.2 Å². The SMILES string of the molecule is Br.CNS(=O)(=O)C1(c2ccccc2)CNCCc2ccccc21. The Kier molecular flexibility index (Phi) is 5.62. The molecule has 0 fully saturated rings. The van der Waals surface area contributed by atoms with Gasteiger partial charge in [-0.25, -0.2) is 13.1 Å². The standard InChI is InChI=1S/C17H20N2O2S.BrH/c1-18-22(20,21)17(15-8-3-2-4-9-15)13-19-12-11-14-7-5-6-10-16(14)17;/h2-10,18-19H,11-13H2,1H3;1H. The minimum Gasteiger partial charge on any atom is -0.314 e. The lowest BCUT2D eigenvalue weighted by atomic mass is 9.87. The first kappa shape index (κ1) is 18.1. The Balaban J connectivity index is 0.00000192. The van der Waals surface area contributed by atoms with Gasteiger partial charge in [0.2, 0.25) is 10.0 Å². The number of fused-ring (bicyclic) bond motifs is 1. The van der Waals surface area contributed by atoms with Crippen LogP contribution in [0, 0.1) is 0 Å². The molecule has 0 radical (unpaired) electrons. The topological polar surface area (TPSA) is 58.2 Å². The van der Waals surface area contributed by atoms with Crippen molar-refractivity contribution in [1.29, 1.82) is 0 Å². The summed E-state index contributed by atoms with van der Waals surface area (Å²) in [6.45, 7) is 1.13. The van der Waals surface area contributed by atoms with Gasteiger partial charge in [0.25, 0.3) is 0 Å². The second-order valence-electron chi connectivity index (χ2n) is 5.48. The average molecular weight is 397 g/mol. The highest BCUT2D eigenvalue weighted by atomic mass is 79.9. The molecule has 0 amide bonds. The number of halogens is 1. The van der Waals surface area contributed by atoms with E-state index in [2.05, 4.69) is 10.0 Å². The third kappa shape index (κ3) is 2.96. The van der Waals surface area contributed by atoms with Crippen LogP contribution in [0.4, 0.5) is 0 Å². The Labute approximate surface area is 148 Å². The van der Waals surface area contributed by atoms with Crippen LogP contribution in [0.1, 0.15) is 16.7 Å². The Hall–Kier alpha value is -1.21. The molecule has 1 aliphatic heterocycles. The maximum Gasteiger partial charge on any atom is 0.226 e. The van der Waals surface area contributed by atoms with E-state index in [0.717, 1.165) is 29.7 Å². The van der Waals surface area contributed by atoms with Gasteiger partial charge in [-0.15, -0.1) is 17.0 Å². The summed E-state index contributed by atoms with van der Waals surface area (Å²) in [7, 11) is -2.11. The summed E-state index contributed by atoms with van der Waals surface area (Å²) in [5.74, 6) is 0. The summed E-state index contributed by atoms with van der Waals surface area (Å²) >= 11 is 0. The minimum atomic E-state index is -3.59. The summed E-state index contributed by atoms with van der Waals surface area (Å²) in [5, 5.41) is 3.30. The molecule has 1 aliphatic rings. The van der Waals surface area contributed by atoms with Crippen LogP contribution in [0.5, 0.6) is 0 Å². The molecule has 4 nitrogen and oxygen atoms in total. The first-order chi connectivity index (χ1) is 10.6. The molecule has 2 aromatic carbocycles. The van der Waals surface area contributed by atoms with Crippen LogP contribution in [0.2, 0.25) is 0 Å². The maximum absolute atomic E-state index is 13.0. The van der Waals surface area contributed by atoms with Gasteiger partial charge in [0.1, 0.15) is 4.75 Å². The Morgan fingerprint density at radius 1 is 1.04 bits per heavy atom. The third-order valence-corrected chi connectivity index (χ3v) is 6.42. The molecule has 6 heteroatoms. The van der Waals surface area contributed by atoms with Crippen molar-refractivity contribution in [3.63, 3.8) is 0 Å². The van der Waals surface area contributed by atoms with E-state index in [4.69, 9.17) is 0 Å². The van der Waals surface area contributed by atoms with Crippen molar-refractivity contribution in [3.8, 4) is 0 Å². The van der Waals surface area contributed by atoms with Crippen molar-refractivity contribution in [2.24, 2.45) is 0 Å². The fourth-order valence-corrected chi connectivity index (χ4v) is 4.82. The zero-order valence-electron chi connectivity index (χ0n) is 13.0. The number of hydrogen-bond acceptors (Lipinski definition) is 3. The Bertz CT molecular complexity index is 765. The summed E-state index contributed by atoms with van der Waals surface area (Å²) in [6.07, 6.45) is 0.823. The van der Waals surface area contributed by atoms with E-state index < -0.39 is 14.8 Å². The zero-order chi connectivity index (χ0) is 15.6. The van der Waals surface area contributed by atoms with E-state index in [1.807, 2.05) is 54.6 Å². The van der Waals surface area contributed by atoms with Gasteiger partial charge in [-0.1, -0.05) is 54.6 Å². The van der Waals surface area contributed by atoms with Crippen LogP contribution < -0.4 is 10.0 Å². The van der Waals surface area contributed by atoms with Gasteiger partial charge in [0.15, 0.2) is 0 Å². The molecule has 0 saturated heterocycles. The monoisotopic (exact) mass is 396 g/mol. The van der Waals surface area contributed by atoms with Gasteiger partial charge < -0.3 is 5.32 Å². The molecule has 124 valence electrons. The zero-order valence-corrected chi connectivity index (χ0v) is 15.5. The molecular formula is C17H21BrN2O2S. The average Bonchev–Trinajstić information content (AvgIpc) is 2.76. The van der Waals surface area contributed by atoms with E-state index in [1.165, 1.54) is 7.05 Å². The van der Waals surface area contributed by atoms with Crippen molar-refractivity contribution < 1.29 is 8.42 Å². The van der Waals surface area contributed by atoms with Gasteiger partial charge in [-0.2, -0.15) is 0 Å². The Morgan fingerprint density at radius 2 is 1.70 bits per heavy atom. The first-order valence-electron chi connectivity index (χ1n) is 7.39. The molecule has 0 saturated carbocycles. The number of nitrogens with one attached hydrogen (secondary N) is 2. The highest BCUT2D eigenvalue weighted by Crippen LogP contribution is 2.39. The second kappa shape index (κ2) is 7.13. The predicted octanol–water partition coefficient (Wildman–Crippen LogP) is 2.20. The fourth-order valence-electron chi connectivity index (χ4n) is 3.25. The van der Waals surface area contributed by atoms with Crippen LogP contribution in [0.15, 0.2) is 54.6 Å². The smallest absolute Gasteiger partial charge is 0.226 e. The molecule has 0 spiro atoms. The lowest BCUT2D eigenvalue weighted by Gasteiger charge is -2.34. The van der Waals surface area contributed by atoms with Crippen LogP contribution >= 0.6 is 17.0 Å². The summed E-state index contributed by atoms with van der Waals surface area (Å²) in [4.78, 5) is 0. The first-order valence-corrected chi connectivity index (χ1v) is 8.88. The number of sulfonamides is 1. The highest BCUT2D eigenvalue weighted by Gasteiger charge is 2.48. The molecule has 3 rings (SSSR count). The van der Waals surface area contributed by atoms with E-state index in [0.29, 0.717) is 6.54 Å². The molecular weight excluding hydrogens is 376 g/mol. The second-order valence-corrected chi connectivity index (χ2v) is 7.60. The number of rotatable bonds is 3. The van der Waals surface area contributed by atoms with Crippen molar-refractivity contribution >= 4 is 27.0 Å². The summed E-state index contributed by atoms with van der Waals surface area (Å²) < 4.78 is 27.5. The molecule has 0 aliphatic carbocycles. The van der Waals surface area contributed by atoms with E-state index in [-0.39, 0.29) is 17.0 Å². The van der Waals surface area contributed by atoms with Gasteiger partial charge >= 0.3 is 0 Å². The van der Waals surface area contributed by atoms with Gasteiger partial charge in [-0.05, 0) is 36.7 Å². The molecule has 2 aromatic rings. The molecule has 0 bridgehead atoms. The van der Waals surface area contributed by atoms with Crippen molar-refractivity contribution in [2.75, 3.05) is 20.1 Å². The minimum absolute atomic E-state index is 0. The molecule has 1 heterocycles. The van der Waals surface area contributed by atoms with Crippen molar-refractivity contribution in [1.82, 2.24) is 10.0 Å². The lowest BCUT2D eigenvalue weighted by Crippen LogP contribution is -2.49. The summed E-state index contributed by atoms with van der Waals surface area (Å²) in [5.41, 5.74) is 2.72. The number of benzene rings is 2. The predicted molar refractivity (Wildman–Crippen MR) is 98.5 cm³/mol.